The Morgan fingerprint density at radius 2 is 2.10 bits per heavy atom. The van der Waals surface area contributed by atoms with Crippen LogP contribution in [0.15, 0.2) is 23.8 Å². The van der Waals surface area contributed by atoms with Gasteiger partial charge in [0.05, 0.1) is 0 Å². The van der Waals surface area contributed by atoms with Gasteiger partial charge in [-0.2, -0.15) is 0 Å². The van der Waals surface area contributed by atoms with Crippen LogP contribution in [0.3, 0.4) is 0 Å². The minimum atomic E-state index is 0.694. The molecule has 0 radical (unpaired) electrons. The van der Waals surface area contributed by atoms with Crippen LogP contribution in [0.1, 0.15) is 27.2 Å². The van der Waals surface area contributed by atoms with Crippen LogP contribution in [0, 0.1) is 11.8 Å². The third-order valence-corrected chi connectivity index (χ3v) is 2.36. The topological polar surface area (TPSA) is 0 Å². The smallest absolute Gasteiger partial charge is 0.0188 e. The van der Waals surface area contributed by atoms with Gasteiger partial charge in [0.1, 0.15) is 0 Å². The molecule has 0 aromatic heterocycles. The Bertz CT molecular complexity index is 174. The van der Waals surface area contributed by atoms with Gasteiger partial charge in [-0.1, -0.05) is 32.1 Å². The average molecular weight is 136 g/mol. The largest absolute Gasteiger partial charge is 0.0953 e. The van der Waals surface area contributed by atoms with E-state index in [0.29, 0.717) is 5.92 Å². The Balaban J connectivity index is 2.81. The van der Waals surface area contributed by atoms with Crippen LogP contribution < -0.4 is 0 Å². The fraction of sp³-hybridized carbons (Fsp3) is 0.600. The summed E-state index contributed by atoms with van der Waals surface area (Å²) in [6, 6.07) is 0. The van der Waals surface area contributed by atoms with Crippen molar-refractivity contribution in [2.24, 2.45) is 11.8 Å². The van der Waals surface area contributed by atoms with Gasteiger partial charge in [-0.3, -0.25) is 0 Å². The van der Waals surface area contributed by atoms with Gasteiger partial charge in [-0.25, -0.2) is 0 Å². The summed E-state index contributed by atoms with van der Waals surface area (Å²) in [6.07, 6.45) is 3.60. The number of hydrogen-bond acceptors (Lipinski definition) is 0. The van der Waals surface area contributed by atoms with E-state index in [1.807, 2.05) is 0 Å². The molecule has 0 amide bonds. The molecule has 0 N–H and O–H groups in total. The average Bonchev–Trinajstić information content (AvgIpc) is 1.82. The van der Waals surface area contributed by atoms with Gasteiger partial charge in [-0.15, -0.1) is 0 Å². The highest BCUT2D eigenvalue weighted by Gasteiger charge is 2.16. The summed E-state index contributed by atoms with van der Waals surface area (Å²) >= 11 is 0. The van der Waals surface area contributed by atoms with Crippen molar-refractivity contribution in [2.45, 2.75) is 27.2 Å². The Hall–Kier alpha value is -0.520. The fourth-order valence-corrected chi connectivity index (χ4v) is 1.69. The predicted molar refractivity (Wildman–Crippen MR) is 45.8 cm³/mol. The molecule has 0 aromatic carbocycles. The van der Waals surface area contributed by atoms with Crippen LogP contribution in [0.2, 0.25) is 0 Å². The lowest BCUT2D eigenvalue weighted by Crippen LogP contribution is -2.10. The molecule has 2 unspecified atom stereocenters. The minimum Gasteiger partial charge on any atom is -0.0953 e. The van der Waals surface area contributed by atoms with Gasteiger partial charge in [0.2, 0.25) is 0 Å². The van der Waals surface area contributed by atoms with E-state index in [0.717, 1.165) is 5.92 Å². The van der Waals surface area contributed by atoms with Crippen molar-refractivity contribution < 1.29 is 0 Å². The number of hydrogen-bond donors (Lipinski definition) is 0. The van der Waals surface area contributed by atoms with Crippen LogP contribution in [0.5, 0.6) is 0 Å². The van der Waals surface area contributed by atoms with Gasteiger partial charge in [0.15, 0.2) is 0 Å². The summed E-state index contributed by atoms with van der Waals surface area (Å²) in [4.78, 5) is 0. The van der Waals surface area contributed by atoms with Crippen LogP contribution in [-0.2, 0) is 0 Å². The summed E-state index contributed by atoms with van der Waals surface area (Å²) in [5.41, 5.74) is 2.73. The molecule has 1 aliphatic carbocycles. The Morgan fingerprint density at radius 3 is 2.60 bits per heavy atom. The minimum absolute atomic E-state index is 0.694. The Labute approximate surface area is 63.6 Å². The predicted octanol–water partition coefficient (Wildman–Crippen LogP) is 3.16. The molecular formula is C10H16. The standard InChI is InChI=1S/C10H16/c1-7-5-8(2)10(4)9(3)6-7/h5,7,9H,4,6H2,1-3H3. The molecule has 0 aliphatic heterocycles. The molecular weight excluding hydrogens is 120 g/mol. The molecule has 0 aromatic rings. The lowest BCUT2D eigenvalue weighted by atomic mass is 9.82. The van der Waals surface area contributed by atoms with Gasteiger partial charge >= 0.3 is 0 Å². The van der Waals surface area contributed by atoms with Crippen molar-refractivity contribution in [3.05, 3.63) is 23.8 Å². The molecule has 0 heterocycles. The van der Waals surface area contributed by atoms with E-state index >= 15 is 0 Å². The molecule has 0 nitrogen and oxygen atoms in total. The van der Waals surface area contributed by atoms with E-state index in [2.05, 4.69) is 33.4 Å². The number of allylic oxidation sites excluding steroid dienone is 3. The van der Waals surface area contributed by atoms with Crippen molar-refractivity contribution in [3.8, 4) is 0 Å². The van der Waals surface area contributed by atoms with Gasteiger partial charge in [-0.05, 0) is 30.8 Å². The first-order valence-corrected chi connectivity index (χ1v) is 3.99. The molecule has 2 atom stereocenters. The first kappa shape index (κ1) is 7.59. The Kier molecular flexibility index (Phi) is 1.98. The molecule has 0 fully saturated rings. The van der Waals surface area contributed by atoms with Crippen molar-refractivity contribution >= 4 is 0 Å². The first-order chi connectivity index (χ1) is 4.61. The van der Waals surface area contributed by atoms with E-state index in [9.17, 15) is 0 Å². The van der Waals surface area contributed by atoms with Crippen LogP contribution in [0.4, 0.5) is 0 Å². The maximum absolute atomic E-state index is 4.04. The zero-order chi connectivity index (χ0) is 7.72. The summed E-state index contributed by atoms with van der Waals surface area (Å²) in [7, 11) is 0. The maximum atomic E-state index is 4.04. The summed E-state index contributed by atoms with van der Waals surface area (Å²) in [5.74, 6) is 1.44. The quantitative estimate of drug-likeness (QED) is 0.480. The molecule has 1 aliphatic rings. The third kappa shape index (κ3) is 1.31. The lowest BCUT2D eigenvalue weighted by molar-refractivity contribution is 0.505. The van der Waals surface area contributed by atoms with Gasteiger partial charge in [0.25, 0.3) is 0 Å². The van der Waals surface area contributed by atoms with Crippen molar-refractivity contribution in [2.75, 3.05) is 0 Å². The number of rotatable bonds is 0. The molecule has 56 valence electrons. The lowest BCUT2D eigenvalue weighted by Gasteiger charge is -2.24. The van der Waals surface area contributed by atoms with E-state index < -0.39 is 0 Å². The van der Waals surface area contributed by atoms with E-state index in [1.54, 1.807) is 0 Å². The van der Waals surface area contributed by atoms with Crippen LogP contribution >= 0.6 is 0 Å². The highest BCUT2D eigenvalue weighted by Crippen LogP contribution is 2.30. The monoisotopic (exact) mass is 136 g/mol. The van der Waals surface area contributed by atoms with E-state index in [4.69, 9.17) is 0 Å². The van der Waals surface area contributed by atoms with E-state index in [-0.39, 0.29) is 0 Å². The molecule has 0 heteroatoms. The first-order valence-electron chi connectivity index (χ1n) is 3.99. The SMILES string of the molecule is C=C1C(C)=CC(C)CC1C. The van der Waals surface area contributed by atoms with Crippen LogP contribution in [-0.4, -0.2) is 0 Å². The van der Waals surface area contributed by atoms with Crippen molar-refractivity contribution in [1.82, 2.24) is 0 Å². The van der Waals surface area contributed by atoms with E-state index in [1.165, 1.54) is 17.6 Å². The molecule has 0 bridgehead atoms. The highest BCUT2D eigenvalue weighted by atomic mass is 14.2. The zero-order valence-corrected chi connectivity index (χ0v) is 7.15. The summed E-state index contributed by atoms with van der Waals surface area (Å²) in [6.45, 7) is 10.7. The second kappa shape index (κ2) is 2.61. The highest BCUT2D eigenvalue weighted by molar-refractivity contribution is 5.31. The molecule has 0 spiro atoms. The summed E-state index contributed by atoms with van der Waals surface area (Å²) < 4.78 is 0. The third-order valence-electron chi connectivity index (χ3n) is 2.36. The van der Waals surface area contributed by atoms with Gasteiger partial charge in [0, 0.05) is 0 Å². The van der Waals surface area contributed by atoms with Crippen LogP contribution in [0.25, 0.3) is 0 Å². The fourth-order valence-electron chi connectivity index (χ4n) is 1.69. The summed E-state index contributed by atoms with van der Waals surface area (Å²) in [5, 5.41) is 0. The second-order valence-corrected chi connectivity index (χ2v) is 3.49. The molecule has 10 heavy (non-hydrogen) atoms. The van der Waals surface area contributed by atoms with Gasteiger partial charge < -0.3 is 0 Å². The molecule has 1 rings (SSSR count). The molecule has 0 saturated heterocycles. The maximum Gasteiger partial charge on any atom is -0.0188 e. The van der Waals surface area contributed by atoms with Crippen molar-refractivity contribution in [3.63, 3.8) is 0 Å². The Morgan fingerprint density at radius 1 is 1.50 bits per heavy atom. The zero-order valence-electron chi connectivity index (χ0n) is 7.15. The van der Waals surface area contributed by atoms with Crippen molar-refractivity contribution in [1.29, 1.82) is 0 Å². The molecule has 0 saturated carbocycles. The second-order valence-electron chi connectivity index (χ2n) is 3.49. The normalized spacial score (nSPS) is 33.9.